The molecule has 0 amide bonds. The van der Waals surface area contributed by atoms with Crippen molar-refractivity contribution >= 4 is 11.9 Å². The highest BCUT2D eigenvalue weighted by atomic mass is 16.5. The highest BCUT2D eigenvalue weighted by Crippen LogP contribution is 2.19. The van der Waals surface area contributed by atoms with Crippen LogP contribution in [0, 0.1) is 0 Å². The summed E-state index contributed by atoms with van der Waals surface area (Å²) in [6.45, 7) is 0. The first-order chi connectivity index (χ1) is 8.57. The van der Waals surface area contributed by atoms with Crippen LogP contribution in [0.2, 0.25) is 0 Å². The van der Waals surface area contributed by atoms with E-state index in [0.717, 1.165) is 5.56 Å². The van der Waals surface area contributed by atoms with E-state index >= 15 is 0 Å². The minimum Gasteiger partial charge on any atom is -0.362 e. The molecule has 18 heavy (non-hydrogen) atoms. The number of hydrogen-bond donors (Lipinski definition) is 2. The van der Waals surface area contributed by atoms with E-state index in [1.165, 1.54) is 24.3 Å². The van der Waals surface area contributed by atoms with Gasteiger partial charge >= 0.3 is 0 Å². The molecule has 92 valence electrons. The topological polar surface area (TPSA) is 57.5 Å². The number of ketones is 1. The van der Waals surface area contributed by atoms with Crippen LogP contribution < -0.4 is 0 Å². The Morgan fingerprint density at radius 1 is 1.22 bits per heavy atom. The van der Waals surface area contributed by atoms with Gasteiger partial charge in [-0.05, 0) is 17.7 Å². The number of carbonyl (C=O) groups excluding carboxylic acids is 1. The number of allylic oxidation sites excluding steroid dienone is 3. The van der Waals surface area contributed by atoms with E-state index in [4.69, 9.17) is 0 Å². The van der Waals surface area contributed by atoms with E-state index in [2.05, 4.69) is 0 Å². The summed E-state index contributed by atoms with van der Waals surface area (Å²) in [6, 6.07) is 9.52. The lowest BCUT2D eigenvalue weighted by Gasteiger charge is -2.18. The van der Waals surface area contributed by atoms with Gasteiger partial charge in [0.1, 0.15) is 0 Å². The van der Waals surface area contributed by atoms with E-state index in [0.29, 0.717) is 5.57 Å². The Hall–Kier alpha value is -1.97. The Kier molecular flexibility index (Phi) is 3.55. The molecule has 0 aliphatic heterocycles. The summed E-state index contributed by atoms with van der Waals surface area (Å²) in [7, 11) is 0. The molecular formula is C15H14O3. The number of aliphatic hydroxyl groups is 2. The summed E-state index contributed by atoms with van der Waals surface area (Å²) < 4.78 is 0. The van der Waals surface area contributed by atoms with E-state index in [-0.39, 0.29) is 12.2 Å². The molecule has 0 bridgehead atoms. The van der Waals surface area contributed by atoms with Crippen molar-refractivity contribution in [3.05, 3.63) is 65.8 Å². The van der Waals surface area contributed by atoms with Crippen LogP contribution in [-0.2, 0) is 4.79 Å². The van der Waals surface area contributed by atoms with E-state index < -0.39 is 5.79 Å². The van der Waals surface area contributed by atoms with E-state index in [9.17, 15) is 15.0 Å². The molecule has 3 heteroatoms. The molecule has 0 spiro atoms. The van der Waals surface area contributed by atoms with Gasteiger partial charge in [-0.1, -0.05) is 48.6 Å². The highest BCUT2D eigenvalue weighted by Gasteiger charge is 2.21. The summed E-state index contributed by atoms with van der Waals surface area (Å²) >= 11 is 0. The Balaban J connectivity index is 2.04. The van der Waals surface area contributed by atoms with Gasteiger partial charge < -0.3 is 10.2 Å². The van der Waals surface area contributed by atoms with Crippen LogP contribution in [-0.4, -0.2) is 21.8 Å². The van der Waals surface area contributed by atoms with Gasteiger partial charge in [-0.2, -0.15) is 0 Å². The fraction of sp³-hybridized carbons (Fsp3) is 0.133. The Labute approximate surface area is 105 Å². The first-order valence-electron chi connectivity index (χ1n) is 5.68. The fourth-order valence-electron chi connectivity index (χ4n) is 1.63. The van der Waals surface area contributed by atoms with Gasteiger partial charge in [-0.15, -0.1) is 0 Å². The second-order valence-corrected chi connectivity index (χ2v) is 4.18. The van der Waals surface area contributed by atoms with E-state index in [1.807, 2.05) is 30.3 Å². The van der Waals surface area contributed by atoms with Crippen molar-refractivity contribution < 1.29 is 15.0 Å². The molecule has 0 heterocycles. The molecule has 0 saturated heterocycles. The van der Waals surface area contributed by atoms with Gasteiger partial charge in [0.2, 0.25) is 0 Å². The zero-order chi connectivity index (χ0) is 13.0. The zero-order valence-electron chi connectivity index (χ0n) is 9.78. The average Bonchev–Trinajstić information content (AvgIpc) is 2.37. The van der Waals surface area contributed by atoms with Crippen molar-refractivity contribution in [2.75, 3.05) is 0 Å². The average molecular weight is 242 g/mol. The van der Waals surface area contributed by atoms with Crippen LogP contribution in [0.1, 0.15) is 12.0 Å². The molecule has 1 aliphatic rings. The van der Waals surface area contributed by atoms with Crippen LogP contribution in [0.5, 0.6) is 0 Å². The second kappa shape index (κ2) is 5.12. The third-order valence-corrected chi connectivity index (χ3v) is 2.66. The van der Waals surface area contributed by atoms with Crippen molar-refractivity contribution in [1.29, 1.82) is 0 Å². The summed E-state index contributed by atoms with van der Waals surface area (Å²) in [6.07, 6.45) is 7.42. The normalized spacial score (nSPS) is 17.8. The number of hydrogen-bond acceptors (Lipinski definition) is 3. The van der Waals surface area contributed by atoms with Crippen molar-refractivity contribution in [1.82, 2.24) is 0 Å². The number of benzene rings is 1. The van der Waals surface area contributed by atoms with Gasteiger partial charge in [0, 0.05) is 12.0 Å². The largest absolute Gasteiger partial charge is 0.362 e. The van der Waals surface area contributed by atoms with Gasteiger partial charge in [0.25, 0.3) is 0 Å². The molecule has 0 unspecified atom stereocenters. The van der Waals surface area contributed by atoms with Crippen LogP contribution in [0.15, 0.2) is 60.2 Å². The van der Waals surface area contributed by atoms with Crippen LogP contribution in [0.3, 0.4) is 0 Å². The van der Waals surface area contributed by atoms with Gasteiger partial charge in [-0.3, -0.25) is 4.79 Å². The number of carbonyl (C=O) groups is 1. The van der Waals surface area contributed by atoms with Crippen molar-refractivity contribution in [3.63, 3.8) is 0 Å². The molecule has 0 radical (unpaired) electrons. The van der Waals surface area contributed by atoms with Crippen LogP contribution >= 0.6 is 0 Å². The molecule has 1 aromatic carbocycles. The maximum Gasteiger partial charge on any atom is 0.186 e. The standard InChI is InChI=1S/C15H14O3/c16-14(7-6-12-4-2-1-3-5-12)13-8-10-15(17,18)11-9-13/h1-10,17-18H,11H2. The predicted octanol–water partition coefficient (Wildman–Crippen LogP) is 1.84. The molecule has 1 aliphatic carbocycles. The lowest BCUT2D eigenvalue weighted by Crippen LogP contribution is -2.26. The van der Waals surface area contributed by atoms with Crippen molar-refractivity contribution in [2.24, 2.45) is 0 Å². The molecule has 3 nitrogen and oxygen atoms in total. The molecule has 2 N–H and O–H groups in total. The second-order valence-electron chi connectivity index (χ2n) is 4.18. The summed E-state index contributed by atoms with van der Waals surface area (Å²) in [5, 5.41) is 18.6. The minimum atomic E-state index is -1.83. The molecule has 0 aromatic heterocycles. The molecular weight excluding hydrogens is 228 g/mol. The third-order valence-electron chi connectivity index (χ3n) is 2.66. The van der Waals surface area contributed by atoms with Crippen LogP contribution in [0.25, 0.3) is 6.08 Å². The maximum atomic E-state index is 11.8. The third kappa shape index (κ3) is 3.26. The Bertz CT molecular complexity index is 522. The van der Waals surface area contributed by atoms with Crippen molar-refractivity contribution in [3.8, 4) is 0 Å². The summed E-state index contributed by atoms with van der Waals surface area (Å²) in [5.41, 5.74) is 1.42. The quantitative estimate of drug-likeness (QED) is 0.628. The molecule has 0 atom stereocenters. The first kappa shape index (κ1) is 12.5. The predicted molar refractivity (Wildman–Crippen MR) is 69.5 cm³/mol. The van der Waals surface area contributed by atoms with Crippen molar-refractivity contribution in [2.45, 2.75) is 12.2 Å². The first-order valence-corrected chi connectivity index (χ1v) is 5.68. The van der Waals surface area contributed by atoms with Gasteiger partial charge in [-0.25, -0.2) is 0 Å². The summed E-state index contributed by atoms with van der Waals surface area (Å²) in [4.78, 5) is 11.8. The SMILES string of the molecule is O=C(C=Cc1ccccc1)C1=CCC(O)(O)C=C1. The zero-order valence-corrected chi connectivity index (χ0v) is 9.78. The maximum absolute atomic E-state index is 11.8. The fourth-order valence-corrected chi connectivity index (χ4v) is 1.63. The minimum absolute atomic E-state index is 0.0315. The van der Waals surface area contributed by atoms with Gasteiger partial charge in [0.05, 0.1) is 0 Å². The highest BCUT2D eigenvalue weighted by molar-refractivity contribution is 6.08. The number of rotatable bonds is 3. The van der Waals surface area contributed by atoms with Gasteiger partial charge in [0.15, 0.2) is 11.6 Å². The Morgan fingerprint density at radius 3 is 2.56 bits per heavy atom. The lowest BCUT2D eigenvalue weighted by atomic mass is 9.99. The molecule has 0 saturated carbocycles. The Morgan fingerprint density at radius 2 is 1.94 bits per heavy atom. The monoisotopic (exact) mass is 242 g/mol. The lowest BCUT2D eigenvalue weighted by molar-refractivity contribution is -0.116. The van der Waals surface area contributed by atoms with Crippen LogP contribution in [0.4, 0.5) is 0 Å². The van der Waals surface area contributed by atoms with E-state index in [1.54, 1.807) is 6.08 Å². The summed E-state index contributed by atoms with van der Waals surface area (Å²) in [5.74, 6) is -1.97. The smallest absolute Gasteiger partial charge is 0.186 e. The molecule has 2 rings (SSSR count). The molecule has 0 fully saturated rings. The molecule has 1 aromatic rings.